The Kier molecular flexibility index (Phi) is 4.68. The number of alkyl halides is 1. The van der Waals surface area contributed by atoms with Gasteiger partial charge in [0.05, 0.1) is 0 Å². The molecule has 16 heavy (non-hydrogen) atoms. The first-order valence-electron chi connectivity index (χ1n) is 6.60. The maximum Gasteiger partial charge on any atom is 0.0480 e. The molecule has 1 aliphatic heterocycles. The van der Waals surface area contributed by atoms with Crippen LogP contribution in [0.3, 0.4) is 0 Å². The Hall–Kier alpha value is 0.400. The summed E-state index contributed by atoms with van der Waals surface area (Å²) in [4.78, 5) is 2.59. The molecule has 0 spiro atoms. The Labute approximate surface area is 108 Å². The summed E-state index contributed by atoms with van der Waals surface area (Å²) in [6.07, 6.45) is 8.10. The third-order valence-electron chi connectivity index (χ3n) is 4.35. The monoisotopic (exact) mass is 289 g/mol. The summed E-state index contributed by atoms with van der Waals surface area (Å²) >= 11 is 3.73. The largest absolute Gasteiger partial charge is 0.381 e. The predicted octanol–water partition coefficient (Wildman–Crippen LogP) is 3.05. The van der Waals surface area contributed by atoms with Gasteiger partial charge in [0.2, 0.25) is 0 Å². The van der Waals surface area contributed by atoms with Crippen molar-refractivity contribution < 1.29 is 4.74 Å². The van der Waals surface area contributed by atoms with Crippen molar-refractivity contribution in [2.45, 2.75) is 44.6 Å². The highest BCUT2D eigenvalue weighted by Gasteiger charge is 2.35. The molecule has 0 atom stereocenters. The van der Waals surface area contributed by atoms with Gasteiger partial charge in [-0.05, 0) is 38.1 Å². The van der Waals surface area contributed by atoms with E-state index in [9.17, 15) is 0 Å². The van der Waals surface area contributed by atoms with Crippen molar-refractivity contribution in [1.82, 2.24) is 4.90 Å². The second-order valence-corrected chi connectivity index (χ2v) is 6.16. The van der Waals surface area contributed by atoms with Crippen LogP contribution >= 0.6 is 15.9 Å². The van der Waals surface area contributed by atoms with Crippen LogP contribution < -0.4 is 0 Å². The molecule has 1 saturated carbocycles. The summed E-state index contributed by atoms with van der Waals surface area (Å²) in [5.74, 6) is 0. The lowest BCUT2D eigenvalue weighted by atomic mass is 9.87. The third kappa shape index (κ3) is 2.99. The summed E-state index contributed by atoms with van der Waals surface area (Å²) in [6, 6.07) is 0.755. The van der Waals surface area contributed by atoms with Gasteiger partial charge in [-0.3, -0.25) is 0 Å². The van der Waals surface area contributed by atoms with Crippen molar-refractivity contribution in [1.29, 1.82) is 0 Å². The second-order valence-electron chi connectivity index (χ2n) is 5.60. The summed E-state index contributed by atoms with van der Waals surface area (Å²) in [7, 11) is 2.30. The number of rotatable bonds is 4. The molecule has 0 radical (unpaired) electrons. The van der Waals surface area contributed by atoms with E-state index in [0.717, 1.165) is 19.3 Å². The molecule has 0 aromatic heterocycles. The first-order valence-corrected chi connectivity index (χ1v) is 7.72. The van der Waals surface area contributed by atoms with Gasteiger partial charge in [0.25, 0.3) is 0 Å². The molecule has 0 aromatic rings. The first-order chi connectivity index (χ1) is 7.76. The number of hydrogen-bond acceptors (Lipinski definition) is 2. The summed E-state index contributed by atoms with van der Waals surface area (Å²) < 4.78 is 5.44. The zero-order valence-corrected chi connectivity index (χ0v) is 12.0. The van der Waals surface area contributed by atoms with Crippen LogP contribution in [0.5, 0.6) is 0 Å². The number of hydrogen-bond donors (Lipinski definition) is 0. The number of ether oxygens (including phenoxy) is 1. The number of nitrogens with zero attached hydrogens (tertiary/aromatic N) is 1. The van der Waals surface area contributed by atoms with Gasteiger partial charge in [-0.15, -0.1) is 0 Å². The Morgan fingerprint density at radius 2 is 1.88 bits per heavy atom. The van der Waals surface area contributed by atoms with E-state index in [4.69, 9.17) is 4.74 Å². The highest BCUT2D eigenvalue weighted by molar-refractivity contribution is 9.09. The van der Waals surface area contributed by atoms with Crippen LogP contribution in [0.4, 0.5) is 0 Å². The molecule has 0 N–H and O–H groups in total. The second kappa shape index (κ2) is 5.83. The van der Waals surface area contributed by atoms with Crippen molar-refractivity contribution in [2.24, 2.45) is 5.41 Å². The highest BCUT2D eigenvalue weighted by Crippen LogP contribution is 2.40. The van der Waals surface area contributed by atoms with E-state index >= 15 is 0 Å². The average Bonchev–Trinajstić information content (AvgIpc) is 2.79. The van der Waals surface area contributed by atoms with Gasteiger partial charge < -0.3 is 9.64 Å². The Morgan fingerprint density at radius 3 is 2.44 bits per heavy atom. The van der Waals surface area contributed by atoms with Gasteiger partial charge in [0, 0.05) is 31.1 Å². The van der Waals surface area contributed by atoms with Gasteiger partial charge in [-0.1, -0.05) is 28.8 Å². The van der Waals surface area contributed by atoms with E-state index in [0.29, 0.717) is 5.41 Å². The fourth-order valence-electron chi connectivity index (χ4n) is 3.24. The SMILES string of the molecule is CN(CC1(CBr)CCCC1)C1CCOCC1. The van der Waals surface area contributed by atoms with Crippen LogP contribution in [0.15, 0.2) is 0 Å². The molecule has 2 fully saturated rings. The Morgan fingerprint density at radius 1 is 1.25 bits per heavy atom. The maximum atomic E-state index is 5.44. The predicted molar refractivity (Wildman–Crippen MR) is 71.2 cm³/mol. The lowest BCUT2D eigenvalue weighted by Crippen LogP contribution is -2.43. The van der Waals surface area contributed by atoms with Crippen molar-refractivity contribution in [3.05, 3.63) is 0 Å². The Bertz CT molecular complexity index is 210. The van der Waals surface area contributed by atoms with Crippen molar-refractivity contribution in [3.63, 3.8) is 0 Å². The van der Waals surface area contributed by atoms with Crippen molar-refractivity contribution >= 4 is 15.9 Å². The minimum Gasteiger partial charge on any atom is -0.381 e. The van der Waals surface area contributed by atoms with Crippen molar-refractivity contribution in [3.8, 4) is 0 Å². The summed E-state index contributed by atoms with van der Waals surface area (Å²) in [5.41, 5.74) is 0.563. The van der Waals surface area contributed by atoms with E-state index in [1.807, 2.05) is 0 Å². The lowest BCUT2D eigenvalue weighted by Gasteiger charge is -2.38. The first kappa shape index (κ1) is 12.8. The zero-order valence-electron chi connectivity index (χ0n) is 10.4. The third-order valence-corrected chi connectivity index (χ3v) is 5.54. The van der Waals surface area contributed by atoms with Crippen LogP contribution in [0.1, 0.15) is 38.5 Å². The number of halogens is 1. The van der Waals surface area contributed by atoms with Gasteiger partial charge in [-0.2, -0.15) is 0 Å². The van der Waals surface area contributed by atoms with Gasteiger partial charge in [0.15, 0.2) is 0 Å². The van der Waals surface area contributed by atoms with Gasteiger partial charge in [-0.25, -0.2) is 0 Å². The van der Waals surface area contributed by atoms with Gasteiger partial charge >= 0.3 is 0 Å². The van der Waals surface area contributed by atoms with Crippen LogP contribution in [-0.2, 0) is 4.74 Å². The standard InChI is InChI=1S/C13H24BrNO/c1-15(12-4-8-16-9-5-12)11-13(10-14)6-2-3-7-13/h12H,2-11H2,1H3. The quantitative estimate of drug-likeness (QED) is 0.738. The molecule has 1 aliphatic carbocycles. The smallest absolute Gasteiger partial charge is 0.0480 e. The molecule has 2 aliphatic rings. The molecular weight excluding hydrogens is 266 g/mol. The molecule has 0 amide bonds. The normalized spacial score (nSPS) is 26.4. The minimum atomic E-state index is 0.563. The van der Waals surface area contributed by atoms with Crippen LogP contribution in [0.2, 0.25) is 0 Å². The molecule has 0 aromatic carbocycles. The highest BCUT2D eigenvalue weighted by atomic mass is 79.9. The van der Waals surface area contributed by atoms with Crippen LogP contribution in [0.25, 0.3) is 0 Å². The lowest BCUT2D eigenvalue weighted by molar-refractivity contribution is 0.0308. The van der Waals surface area contributed by atoms with Crippen LogP contribution in [0, 0.1) is 5.41 Å². The van der Waals surface area contributed by atoms with E-state index in [-0.39, 0.29) is 0 Å². The summed E-state index contributed by atoms with van der Waals surface area (Å²) in [6.45, 7) is 3.18. The van der Waals surface area contributed by atoms with E-state index in [1.54, 1.807) is 0 Å². The molecule has 3 heteroatoms. The molecule has 2 nitrogen and oxygen atoms in total. The molecule has 1 saturated heterocycles. The zero-order chi connectivity index (χ0) is 11.4. The van der Waals surface area contributed by atoms with Crippen LogP contribution in [-0.4, -0.2) is 43.1 Å². The Balaban J connectivity index is 1.86. The minimum absolute atomic E-state index is 0.563. The van der Waals surface area contributed by atoms with Gasteiger partial charge in [0.1, 0.15) is 0 Å². The van der Waals surface area contributed by atoms with E-state index in [2.05, 4.69) is 27.9 Å². The maximum absolute atomic E-state index is 5.44. The fraction of sp³-hybridized carbons (Fsp3) is 1.00. The molecule has 94 valence electrons. The van der Waals surface area contributed by atoms with E-state index in [1.165, 1.54) is 50.4 Å². The summed E-state index contributed by atoms with van der Waals surface area (Å²) in [5, 5.41) is 1.17. The van der Waals surface area contributed by atoms with Crippen molar-refractivity contribution in [2.75, 3.05) is 32.1 Å². The molecular formula is C13H24BrNO. The fourth-order valence-corrected chi connectivity index (χ4v) is 3.98. The molecule has 0 bridgehead atoms. The van der Waals surface area contributed by atoms with E-state index < -0.39 is 0 Å². The molecule has 2 rings (SSSR count). The molecule has 0 unspecified atom stereocenters. The molecule has 1 heterocycles. The average molecular weight is 290 g/mol. The topological polar surface area (TPSA) is 12.5 Å².